The van der Waals surface area contributed by atoms with Gasteiger partial charge in [-0.2, -0.15) is 0 Å². The van der Waals surface area contributed by atoms with Crippen molar-refractivity contribution in [2.75, 3.05) is 12.4 Å². The van der Waals surface area contributed by atoms with E-state index in [9.17, 15) is 9.00 Å². The zero-order valence-electron chi connectivity index (χ0n) is 10.1. The van der Waals surface area contributed by atoms with Gasteiger partial charge < -0.3 is 4.74 Å². The van der Waals surface area contributed by atoms with E-state index in [1.54, 1.807) is 0 Å². The highest BCUT2D eigenvalue weighted by Gasteiger charge is 2.22. The number of hydrogen-bond donors (Lipinski definition) is 0. The van der Waals surface area contributed by atoms with Crippen LogP contribution in [0.25, 0.3) is 0 Å². The fourth-order valence-corrected chi connectivity index (χ4v) is 3.34. The van der Waals surface area contributed by atoms with Gasteiger partial charge in [0.25, 0.3) is 0 Å². The molecular weight excluding hydrogens is 224 g/mol. The summed E-state index contributed by atoms with van der Waals surface area (Å²) in [6, 6.07) is 0. The van der Waals surface area contributed by atoms with Gasteiger partial charge in [-0.25, -0.2) is 0 Å². The van der Waals surface area contributed by atoms with Gasteiger partial charge in [0, 0.05) is 16.0 Å². The van der Waals surface area contributed by atoms with Crippen molar-refractivity contribution < 1.29 is 13.7 Å². The Morgan fingerprint density at radius 2 is 2.00 bits per heavy atom. The van der Waals surface area contributed by atoms with Crippen LogP contribution in [-0.2, 0) is 20.3 Å². The van der Waals surface area contributed by atoms with E-state index in [0.717, 1.165) is 38.5 Å². The van der Waals surface area contributed by atoms with Gasteiger partial charge in [0.15, 0.2) is 0 Å². The second-order valence-electron chi connectivity index (χ2n) is 4.36. The highest BCUT2D eigenvalue weighted by Crippen LogP contribution is 2.22. The molecule has 1 saturated carbocycles. The maximum Gasteiger partial charge on any atom is 0.318 e. The van der Waals surface area contributed by atoms with Crippen molar-refractivity contribution in [1.29, 1.82) is 0 Å². The van der Waals surface area contributed by atoms with Crippen molar-refractivity contribution in [2.24, 2.45) is 0 Å². The molecule has 1 aliphatic rings. The van der Waals surface area contributed by atoms with Crippen molar-refractivity contribution >= 4 is 16.8 Å². The summed E-state index contributed by atoms with van der Waals surface area (Å²) in [4.78, 5) is 11.4. The lowest BCUT2D eigenvalue weighted by molar-refractivity contribution is -0.140. The molecule has 0 N–H and O–H groups in total. The molecule has 0 heterocycles. The van der Waals surface area contributed by atoms with Crippen LogP contribution in [0.3, 0.4) is 0 Å². The van der Waals surface area contributed by atoms with E-state index in [2.05, 4.69) is 0 Å². The summed E-state index contributed by atoms with van der Waals surface area (Å²) in [7, 11) is -1.02. The van der Waals surface area contributed by atoms with Crippen LogP contribution in [0.15, 0.2) is 0 Å². The standard InChI is InChI=1S/C12H22O3S/c1-2-3-9-15-12(13)10-16(14)11-7-5-4-6-8-11/h11H,2-10H2,1H3. The molecule has 0 spiro atoms. The first-order valence-electron chi connectivity index (χ1n) is 6.27. The highest BCUT2D eigenvalue weighted by molar-refractivity contribution is 7.86. The Morgan fingerprint density at radius 3 is 2.62 bits per heavy atom. The van der Waals surface area contributed by atoms with Gasteiger partial charge >= 0.3 is 5.97 Å². The summed E-state index contributed by atoms with van der Waals surface area (Å²) in [6.07, 6.45) is 7.47. The van der Waals surface area contributed by atoms with Gasteiger partial charge in [-0.05, 0) is 19.3 Å². The SMILES string of the molecule is CCCCOC(=O)CS(=O)C1CCCCC1. The van der Waals surface area contributed by atoms with Gasteiger partial charge in [0.1, 0.15) is 5.75 Å². The van der Waals surface area contributed by atoms with Crippen LogP contribution in [0.2, 0.25) is 0 Å². The Labute approximate surface area is 100 Å². The van der Waals surface area contributed by atoms with Crippen LogP contribution < -0.4 is 0 Å². The fraction of sp³-hybridized carbons (Fsp3) is 0.917. The minimum atomic E-state index is -1.02. The maximum absolute atomic E-state index is 11.9. The van der Waals surface area contributed by atoms with Crippen LogP contribution in [-0.4, -0.2) is 27.8 Å². The average Bonchev–Trinajstić information content (AvgIpc) is 2.30. The number of carbonyl (C=O) groups excluding carboxylic acids is 1. The Kier molecular flexibility index (Phi) is 6.69. The molecule has 1 aliphatic carbocycles. The number of esters is 1. The zero-order valence-corrected chi connectivity index (χ0v) is 10.9. The summed E-state index contributed by atoms with van der Waals surface area (Å²) in [6.45, 7) is 2.52. The van der Waals surface area contributed by atoms with E-state index in [0.29, 0.717) is 6.61 Å². The molecule has 0 aliphatic heterocycles. The molecule has 0 saturated heterocycles. The van der Waals surface area contributed by atoms with Gasteiger partial charge in [-0.1, -0.05) is 32.6 Å². The molecule has 4 heteroatoms. The molecular formula is C12H22O3S. The molecule has 0 aromatic carbocycles. The van der Waals surface area contributed by atoms with Crippen molar-refractivity contribution in [1.82, 2.24) is 0 Å². The Hall–Kier alpha value is -0.380. The molecule has 0 radical (unpaired) electrons. The Morgan fingerprint density at radius 1 is 1.31 bits per heavy atom. The van der Waals surface area contributed by atoms with Crippen LogP contribution in [0, 0.1) is 0 Å². The van der Waals surface area contributed by atoms with Crippen LogP contribution in [0.5, 0.6) is 0 Å². The number of carbonyl (C=O) groups is 1. The summed E-state index contributed by atoms with van der Waals surface area (Å²) >= 11 is 0. The van der Waals surface area contributed by atoms with E-state index < -0.39 is 10.8 Å². The molecule has 1 unspecified atom stereocenters. The first-order chi connectivity index (χ1) is 7.74. The first kappa shape index (κ1) is 13.7. The summed E-state index contributed by atoms with van der Waals surface area (Å²) in [5.41, 5.74) is 0. The Balaban J connectivity index is 2.19. The van der Waals surface area contributed by atoms with E-state index in [1.165, 1.54) is 6.42 Å². The number of unbranched alkanes of at least 4 members (excludes halogenated alkanes) is 1. The van der Waals surface area contributed by atoms with Crippen LogP contribution >= 0.6 is 0 Å². The number of ether oxygens (including phenoxy) is 1. The van der Waals surface area contributed by atoms with Crippen molar-refractivity contribution in [2.45, 2.75) is 57.1 Å². The van der Waals surface area contributed by atoms with Crippen molar-refractivity contribution in [3.8, 4) is 0 Å². The molecule has 16 heavy (non-hydrogen) atoms. The smallest absolute Gasteiger partial charge is 0.318 e. The molecule has 94 valence electrons. The van der Waals surface area contributed by atoms with Gasteiger partial charge in [-0.3, -0.25) is 9.00 Å². The van der Waals surface area contributed by atoms with E-state index in [1.807, 2.05) is 6.92 Å². The zero-order chi connectivity index (χ0) is 11.8. The lowest BCUT2D eigenvalue weighted by Gasteiger charge is -2.20. The third-order valence-electron chi connectivity index (χ3n) is 2.95. The van der Waals surface area contributed by atoms with Crippen molar-refractivity contribution in [3.63, 3.8) is 0 Å². The monoisotopic (exact) mass is 246 g/mol. The first-order valence-corrected chi connectivity index (χ1v) is 7.65. The largest absolute Gasteiger partial charge is 0.465 e. The quantitative estimate of drug-likeness (QED) is 0.534. The molecule has 1 rings (SSSR count). The molecule has 1 fully saturated rings. The summed E-state index contributed by atoms with van der Waals surface area (Å²) in [5.74, 6) is -0.202. The predicted octanol–water partition coefficient (Wildman–Crippen LogP) is 2.41. The second kappa shape index (κ2) is 7.82. The molecule has 0 bridgehead atoms. The molecule has 1 atom stereocenters. The van der Waals surface area contributed by atoms with Gasteiger partial charge in [-0.15, -0.1) is 0 Å². The predicted molar refractivity (Wildman–Crippen MR) is 65.7 cm³/mol. The van der Waals surface area contributed by atoms with Gasteiger partial charge in [0.05, 0.1) is 6.61 Å². The van der Waals surface area contributed by atoms with Crippen molar-refractivity contribution in [3.05, 3.63) is 0 Å². The molecule has 0 aromatic heterocycles. The summed E-state index contributed by atoms with van der Waals surface area (Å²) < 4.78 is 16.9. The topological polar surface area (TPSA) is 43.4 Å². The lowest BCUT2D eigenvalue weighted by Crippen LogP contribution is -2.25. The van der Waals surface area contributed by atoms with E-state index >= 15 is 0 Å². The molecule has 0 amide bonds. The van der Waals surface area contributed by atoms with Crippen LogP contribution in [0.1, 0.15) is 51.9 Å². The maximum atomic E-state index is 11.9. The lowest BCUT2D eigenvalue weighted by atomic mass is 10.0. The minimum absolute atomic E-state index is 0.0916. The minimum Gasteiger partial charge on any atom is -0.465 e. The summed E-state index contributed by atoms with van der Waals surface area (Å²) in [5, 5.41) is 0.229. The second-order valence-corrected chi connectivity index (χ2v) is 6.08. The fourth-order valence-electron chi connectivity index (χ4n) is 1.93. The molecule has 0 aromatic rings. The molecule has 3 nitrogen and oxygen atoms in total. The number of rotatable bonds is 6. The third-order valence-corrected chi connectivity index (χ3v) is 4.68. The van der Waals surface area contributed by atoms with E-state index in [4.69, 9.17) is 4.74 Å². The van der Waals surface area contributed by atoms with Crippen LogP contribution in [0.4, 0.5) is 0 Å². The average molecular weight is 246 g/mol. The number of hydrogen-bond acceptors (Lipinski definition) is 3. The Bertz CT molecular complexity index is 234. The van der Waals surface area contributed by atoms with E-state index in [-0.39, 0.29) is 17.0 Å². The normalized spacial score (nSPS) is 19.3. The van der Waals surface area contributed by atoms with Gasteiger partial charge in [0.2, 0.25) is 0 Å². The third kappa shape index (κ3) is 5.10. The highest BCUT2D eigenvalue weighted by atomic mass is 32.2.